The zero-order valence-electron chi connectivity index (χ0n) is 19.3. The number of aliphatic carboxylic acids is 1. The number of carboxylic acid groups (broad SMARTS) is 1. The predicted octanol–water partition coefficient (Wildman–Crippen LogP) is 7.57. The standard InChI is InChI=1S/C27H37ClO3/c1-4-8-22(18-24-13-12-20(2)21(3)17-24)10-7-16-31-26-15-14-23(19-25(26)28)9-5-6-11-27(29)30/h12-15,17,19,22H,4-11,16,18H2,1-3H3,(H,29,30). The molecule has 0 bridgehead atoms. The van der Waals surface area contributed by atoms with Gasteiger partial charge in [-0.3, -0.25) is 4.79 Å². The van der Waals surface area contributed by atoms with Crippen LogP contribution in [0.4, 0.5) is 0 Å². The Bertz CT molecular complexity index is 831. The highest BCUT2D eigenvalue weighted by Gasteiger charge is 2.11. The van der Waals surface area contributed by atoms with Gasteiger partial charge < -0.3 is 9.84 Å². The summed E-state index contributed by atoms with van der Waals surface area (Å²) in [5.74, 6) is 0.674. The molecule has 0 saturated heterocycles. The number of benzene rings is 2. The number of hydrogen-bond donors (Lipinski definition) is 1. The molecule has 2 aromatic rings. The Morgan fingerprint density at radius 2 is 1.77 bits per heavy atom. The van der Waals surface area contributed by atoms with Crippen LogP contribution in [0.1, 0.15) is 74.1 Å². The van der Waals surface area contributed by atoms with Crippen LogP contribution in [0.2, 0.25) is 5.02 Å². The number of ether oxygens (including phenoxy) is 1. The van der Waals surface area contributed by atoms with Crippen LogP contribution in [0.25, 0.3) is 0 Å². The van der Waals surface area contributed by atoms with E-state index in [9.17, 15) is 4.79 Å². The largest absolute Gasteiger partial charge is 0.492 e. The van der Waals surface area contributed by atoms with Gasteiger partial charge in [0.25, 0.3) is 0 Å². The minimum atomic E-state index is -0.739. The summed E-state index contributed by atoms with van der Waals surface area (Å²) in [5, 5.41) is 9.35. The normalized spacial score (nSPS) is 12.0. The second-order valence-corrected chi connectivity index (χ2v) is 9.04. The van der Waals surface area contributed by atoms with Crippen molar-refractivity contribution in [2.75, 3.05) is 6.61 Å². The van der Waals surface area contributed by atoms with Crippen molar-refractivity contribution >= 4 is 17.6 Å². The van der Waals surface area contributed by atoms with E-state index in [1.165, 1.54) is 29.5 Å². The van der Waals surface area contributed by atoms with Crippen molar-refractivity contribution in [3.05, 3.63) is 63.7 Å². The van der Waals surface area contributed by atoms with Crippen molar-refractivity contribution in [3.63, 3.8) is 0 Å². The van der Waals surface area contributed by atoms with Crippen LogP contribution in [0, 0.1) is 19.8 Å². The molecule has 3 nitrogen and oxygen atoms in total. The Morgan fingerprint density at radius 3 is 2.45 bits per heavy atom. The molecule has 0 aliphatic heterocycles. The third-order valence-electron chi connectivity index (χ3n) is 5.91. The summed E-state index contributed by atoms with van der Waals surface area (Å²) in [6.45, 7) is 7.28. The lowest BCUT2D eigenvalue weighted by Crippen LogP contribution is -2.08. The van der Waals surface area contributed by atoms with E-state index in [0.29, 0.717) is 24.0 Å². The molecule has 0 aliphatic rings. The zero-order valence-corrected chi connectivity index (χ0v) is 20.0. The van der Waals surface area contributed by atoms with E-state index >= 15 is 0 Å². The van der Waals surface area contributed by atoms with Gasteiger partial charge >= 0.3 is 5.97 Å². The van der Waals surface area contributed by atoms with E-state index in [4.69, 9.17) is 21.4 Å². The number of unbranched alkanes of at least 4 members (excludes halogenated alkanes) is 1. The molecule has 2 aromatic carbocycles. The maximum Gasteiger partial charge on any atom is 0.303 e. The van der Waals surface area contributed by atoms with Crippen LogP contribution < -0.4 is 4.74 Å². The molecule has 0 aromatic heterocycles. The Labute approximate surface area is 192 Å². The first-order valence-electron chi connectivity index (χ1n) is 11.6. The van der Waals surface area contributed by atoms with Gasteiger partial charge in [-0.25, -0.2) is 0 Å². The van der Waals surface area contributed by atoms with Crippen LogP contribution in [0.15, 0.2) is 36.4 Å². The van der Waals surface area contributed by atoms with E-state index in [2.05, 4.69) is 39.0 Å². The molecule has 0 radical (unpaired) electrons. The molecule has 1 N–H and O–H groups in total. The Hall–Kier alpha value is -2.00. The summed E-state index contributed by atoms with van der Waals surface area (Å²) in [6, 6.07) is 12.7. The highest BCUT2D eigenvalue weighted by atomic mass is 35.5. The monoisotopic (exact) mass is 444 g/mol. The van der Waals surface area contributed by atoms with Crippen LogP contribution in [-0.2, 0) is 17.6 Å². The van der Waals surface area contributed by atoms with E-state index in [0.717, 1.165) is 43.4 Å². The van der Waals surface area contributed by atoms with Crippen molar-refractivity contribution in [2.24, 2.45) is 5.92 Å². The number of carbonyl (C=O) groups is 1. The fraction of sp³-hybridized carbons (Fsp3) is 0.519. The summed E-state index contributed by atoms with van der Waals surface area (Å²) < 4.78 is 5.95. The fourth-order valence-electron chi connectivity index (χ4n) is 4.00. The van der Waals surface area contributed by atoms with Crippen LogP contribution in [-0.4, -0.2) is 17.7 Å². The number of rotatable bonds is 14. The summed E-state index contributed by atoms with van der Waals surface area (Å²) in [4.78, 5) is 10.6. The Morgan fingerprint density at radius 1 is 1.00 bits per heavy atom. The van der Waals surface area contributed by atoms with Crippen LogP contribution >= 0.6 is 11.6 Å². The summed E-state index contributed by atoms with van der Waals surface area (Å²) in [6.07, 6.45) is 8.34. The molecule has 0 saturated carbocycles. The molecule has 0 fully saturated rings. The van der Waals surface area contributed by atoms with Gasteiger partial charge in [0.15, 0.2) is 0 Å². The lowest BCUT2D eigenvalue weighted by Gasteiger charge is -2.17. The minimum absolute atomic E-state index is 0.220. The van der Waals surface area contributed by atoms with Gasteiger partial charge in [0, 0.05) is 6.42 Å². The van der Waals surface area contributed by atoms with Gasteiger partial charge in [-0.15, -0.1) is 0 Å². The van der Waals surface area contributed by atoms with Crippen molar-refractivity contribution in [3.8, 4) is 5.75 Å². The molecule has 0 heterocycles. The first-order valence-corrected chi connectivity index (χ1v) is 12.0. The average molecular weight is 445 g/mol. The molecule has 170 valence electrons. The topological polar surface area (TPSA) is 46.5 Å². The molecule has 0 spiro atoms. The lowest BCUT2D eigenvalue weighted by atomic mass is 9.90. The minimum Gasteiger partial charge on any atom is -0.492 e. The van der Waals surface area contributed by atoms with Gasteiger partial charge in [-0.2, -0.15) is 0 Å². The quantitative estimate of drug-likeness (QED) is 0.305. The highest BCUT2D eigenvalue weighted by molar-refractivity contribution is 6.32. The number of carboxylic acids is 1. The second-order valence-electron chi connectivity index (χ2n) is 8.63. The lowest BCUT2D eigenvalue weighted by molar-refractivity contribution is -0.137. The Balaban J connectivity index is 1.77. The second kappa shape index (κ2) is 13.4. The Kier molecular flexibility index (Phi) is 10.9. The molecule has 2 rings (SSSR count). The SMILES string of the molecule is CCCC(CCCOc1ccc(CCCCC(=O)O)cc1Cl)Cc1ccc(C)c(C)c1. The number of halogens is 1. The van der Waals surface area contributed by atoms with Crippen molar-refractivity contribution in [1.82, 2.24) is 0 Å². The van der Waals surface area contributed by atoms with Crippen molar-refractivity contribution in [1.29, 1.82) is 0 Å². The smallest absolute Gasteiger partial charge is 0.303 e. The highest BCUT2D eigenvalue weighted by Crippen LogP contribution is 2.27. The van der Waals surface area contributed by atoms with Gasteiger partial charge in [-0.05, 0) is 92.7 Å². The number of hydrogen-bond acceptors (Lipinski definition) is 2. The van der Waals surface area contributed by atoms with Gasteiger partial charge in [0.1, 0.15) is 5.75 Å². The summed E-state index contributed by atoms with van der Waals surface area (Å²) in [5.41, 5.74) is 5.28. The van der Waals surface area contributed by atoms with Gasteiger partial charge in [0.05, 0.1) is 11.6 Å². The average Bonchev–Trinajstić information content (AvgIpc) is 2.72. The summed E-state index contributed by atoms with van der Waals surface area (Å²) in [7, 11) is 0. The van der Waals surface area contributed by atoms with Gasteiger partial charge in [0.2, 0.25) is 0 Å². The van der Waals surface area contributed by atoms with Gasteiger partial charge in [-0.1, -0.05) is 55.6 Å². The maximum atomic E-state index is 10.6. The summed E-state index contributed by atoms with van der Waals surface area (Å²) >= 11 is 6.40. The maximum absolute atomic E-state index is 10.6. The first-order chi connectivity index (χ1) is 14.9. The van der Waals surface area contributed by atoms with E-state index < -0.39 is 5.97 Å². The molecule has 4 heteroatoms. The molecule has 1 unspecified atom stereocenters. The van der Waals surface area contributed by atoms with Crippen LogP contribution in [0.3, 0.4) is 0 Å². The molecule has 1 atom stereocenters. The van der Waals surface area contributed by atoms with Crippen molar-refractivity contribution < 1.29 is 14.6 Å². The third kappa shape index (κ3) is 9.35. The van der Waals surface area contributed by atoms with E-state index in [1.807, 2.05) is 18.2 Å². The molecular formula is C27H37ClO3. The molecule has 0 amide bonds. The third-order valence-corrected chi connectivity index (χ3v) is 6.20. The molecule has 0 aliphatic carbocycles. The number of aryl methyl sites for hydroxylation is 3. The zero-order chi connectivity index (χ0) is 22.6. The van der Waals surface area contributed by atoms with E-state index in [-0.39, 0.29) is 6.42 Å². The fourth-order valence-corrected chi connectivity index (χ4v) is 4.25. The van der Waals surface area contributed by atoms with Crippen molar-refractivity contribution in [2.45, 2.75) is 78.6 Å². The molecular weight excluding hydrogens is 408 g/mol. The first kappa shape index (κ1) is 25.3. The molecule has 31 heavy (non-hydrogen) atoms. The van der Waals surface area contributed by atoms with E-state index in [1.54, 1.807) is 0 Å². The van der Waals surface area contributed by atoms with Crippen LogP contribution in [0.5, 0.6) is 5.75 Å². The predicted molar refractivity (Wildman–Crippen MR) is 129 cm³/mol.